The highest BCUT2D eigenvalue weighted by molar-refractivity contribution is 7.14. The molecule has 16 heavy (non-hydrogen) atoms. The van der Waals surface area contributed by atoms with Crippen LogP contribution in [0, 0.1) is 6.92 Å². The van der Waals surface area contributed by atoms with Gasteiger partial charge < -0.3 is 11.1 Å². The summed E-state index contributed by atoms with van der Waals surface area (Å²) in [5, 5.41) is 2.86. The van der Waals surface area contributed by atoms with Crippen molar-refractivity contribution in [2.75, 3.05) is 6.54 Å². The molecule has 1 heterocycles. The highest BCUT2D eigenvalue weighted by Gasteiger charge is 2.12. The van der Waals surface area contributed by atoms with E-state index in [1.165, 1.54) is 10.4 Å². The molecule has 0 saturated heterocycles. The molecule has 0 radical (unpaired) electrons. The lowest BCUT2D eigenvalue weighted by Crippen LogP contribution is -2.37. The van der Waals surface area contributed by atoms with Gasteiger partial charge >= 0.3 is 0 Å². The second-order valence-corrected chi connectivity index (χ2v) is 4.82. The normalized spacial score (nSPS) is 11.8. The van der Waals surface area contributed by atoms with Gasteiger partial charge in [0.1, 0.15) is 0 Å². The highest BCUT2D eigenvalue weighted by Crippen LogP contribution is 2.22. The van der Waals surface area contributed by atoms with E-state index in [0.717, 1.165) is 11.3 Å². The van der Waals surface area contributed by atoms with Crippen LogP contribution in [0.2, 0.25) is 0 Å². The predicted molar refractivity (Wildman–Crippen MR) is 71.7 cm³/mol. The predicted octanol–water partition coefficient (Wildman–Crippen LogP) is 2.12. The average molecular weight is 263 g/mol. The quantitative estimate of drug-likeness (QED) is 0.873. The largest absolute Gasteiger partial charge is 0.348 e. The van der Waals surface area contributed by atoms with Crippen LogP contribution in [0.5, 0.6) is 0 Å². The van der Waals surface area contributed by atoms with Crippen LogP contribution < -0.4 is 11.1 Å². The maximum atomic E-state index is 11.7. The third kappa shape index (κ3) is 3.77. The van der Waals surface area contributed by atoms with Crippen molar-refractivity contribution < 1.29 is 4.79 Å². The number of halogens is 1. The molecule has 0 aliphatic heterocycles. The van der Waals surface area contributed by atoms with E-state index in [4.69, 9.17) is 5.73 Å². The fourth-order valence-electron chi connectivity index (χ4n) is 1.34. The van der Waals surface area contributed by atoms with Gasteiger partial charge in [0.15, 0.2) is 0 Å². The summed E-state index contributed by atoms with van der Waals surface area (Å²) in [6.45, 7) is 6.51. The molecule has 0 saturated carbocycles. The second kappa shape index (κ2) is 6.89. The first kappa shape index (κ1) is 15.4. The first-order valence-corrected chi connectivity index (χ1v) is 6.00. The molecule has 0 aliphatic carbocycles. The highest BCUT2D eigenvalue weighted by atomic mass is 35.5. The molecule has 0 spiro atoms. The Hall–Kier alpha value is -0.580. The van der Waals surface area contributed by atoms with Crippen molar-refractivity contribution >= 4 is 29.7 Å². The molecule has 0 aliphatic rings. The van der Waals surface area contributed by atoms with Crippen molar-refractivity contribution in [3.05, 3.63) is 21.4 Å². The number of nitrogens with one attached hydrogen (secondary N) is 1. The van der Waals surface area contributed by atoms with E-state index >= 15 is 0 Å². The van der Waals surface area contributed by atoms with E-state index in [1.807, 2.05) is 19.9 Å². The van der Waals surface area contributed by atoms with Crippen LogP contribution in [0.4, 0.5) is 0 Å². The molecule has 0 aromatic carbocycles. The average Bonchev–Trinajstić information content (AvgIpc) is 2.59. The summed E-state index contributed by atoms with van der Waals surface area (Å²) in [6, 6.07) is 1.98. The van der Waals surface area contributed by atoms with E-state index in [0.29, 0.717) is 6.54 Å². The SMILES string of the molecule is CCc1sc(C(=O)N[C@@H](C)CN)cc1C.Cl. The molecule has 92 valence electrons. The summed E-state index contributed by atoms with van der Waals surface area (Å²) in [5.41, 5.74) is 6.65. The Morgan fingerprint density at radius 1 is 1.62 bits per heavy atom. The number of carbonyl (C=O) groups is 1. The summed E-state index contributed by atoms with van der Waals surface area (Å²) in [7, 11) is 0. The zero-order chi connectivity index (χ0) is 11.4. The number of hydrogen-bond acceptors (Lipinski definition) is 3. The van der Waals surface area contributed by atoms with Crippen molar-refractivity contribution in [3.8, 4) is 0 Å². The Morgan fingerprint density at radius 2 is 2.25 bits per heavy atom. The van der Waals surface area contributed by atoms with Crippen molar-refractivity contribution in [2.45, 2.75) is 33.2 Å². The van der Waals surface area contributed by atoms with Crippen molar-refractivity contribution in [1.82, 2.24) is 5.32 Å². The zero-order valence-electron chi connectivity index (χ0n) is 9.87. The molecular weight excluding hydrogens is 244 g/mol. The Balaban J connectivity index is 0.00000225. The van der Waals surface area contributed by atoms with Gasteiger partial charge in [0.05, 0.1) is 4.88 Å². The monoisotopic (exact) mass is 262 g/mol. The van der Waals surface area contributed by atoms with E-state index in [2.05, 4.69) is 12.2 Å². The van der Waals surface area contributed by atoms with Gasteiger partial charge in [0, 0.05) is 17.5 Å². The van der Waals surface area contributed by atoms with Crippen LogP contribution in [-0.2, 0) is 6.42 Å². The minimum Gasteiger partial charge on any atom is -0.348 e. The Morgan fingerprint density at radius 3 is 2.69 bits per heavy atom. The summed E-state index contributed by atoms with van der Waals surface area (Å²) < 4.78 is 0. The third-order valence-corrected chi connectivity index (χ3v) is 3.68. The van der Waals surface area contributed by atoms with E-state index < -0.39 is 0 Å². The Kier molecular flexibility index (Phi) is 6.64. The number of carbonyl (C=O) groups excluding carboxylic acids is 1. The van der Waals surface area contributed by atoms with Gasteiger partial charge in [0.25, 0.3) is 5.91 Å². The number of thiophene rings is 1. The second-order valence-electron chi connectivity index (χ2n) is 3.68. The molecular formula is C11H19ClN2OS. The molecule has 1 amide bonds. The minimum atomic E-state index is -0.0132. The van der Waals surface area contributed by atoms with Crippen molar-refractivity contribution in [2.24, 2.45) is 5.73 Å². The molecule has 1 aromatic heterocycles. The van der Waals surface area contributed by atoms with Crippen LogP contribution in [0.15, 0.2) is 6.07 Å². The number of nitrogens with two attached hydrogens (primary N) is 1. The maximum Gasteiger partial charge on any atom is 0.261 e. The number of hydrogen-bond donors (Lipinski definition) is 2. The van der Waals surface area contributed by atoms with Crippen LogP contribution >= 0.6 is 23.7 Å². The summed E-state index contributed by atoms with van der Waals surface area (Å²) in [6.07, 6.45) is 0.982. The summed E-state index contributed by atoms with van der Waals surface area (Å²) in [4.78, 5) is 13.8. The lowest BCUT2D eigenvalue weighted by molar-refractivity contribution is 0.0945. The Bertz CT molecular complexity index is 352. The number of aryl methyl sites for hydroxylation is 2. The molecule has 1 atom stereocenters. The van der Waals surface area contributed by atoms with Gasteiger partial charge in [-0.3, -0.25) is 4.79 Å². The number of amides is 1. The van der Waals surface area contributed by atoms with Crippen molar-refractivity contribution in [1.29, 1.82) is 0 Å². The molecule has 1 rings (SSSR count). The fourth-order valence-corrected chi connectivity index (χ4v) is 2.35. The van der Waals surface area contributed by atoms with E-state index in [1.54, 1.807) is 11.3 Å². The lowest BCUT2D eigenvalue weighted by Gasteiger charge is -2.09. The lowest BCUT2D eigenvalue weighted by atomic mass is 10.2. The van der Waals surface area contributed by atoms with Gasteiger partial charge in [-0.1, -0.05) is 6.92 Å². The van der Waals surface area contributed by atoms with Gasteiger partial charge in [-0.05, 0) is 31.9 Å². The topological polar surface area (TPSA) is 55.1 Å². The van der Waals surface area contributed by atoms with E-state index in [9.17, 15) is 4.79 Å². The van der Waals surface area contributed by atoms with Gasteiger partial charge in [0.2, 0.25) is 0 Å². The van der Waals surface area contributed by atoms with Crippen LogP contribution in [0.3, 0.4) is 0 Å². The molecule has 0 fully saturated rings. The molecule has 3 nitrogen and oxygen atoms in total. The smallest absolute Gasteiger partial charge is 0.261 e. The molecule has 0 unspecified atom stereocenters. The first-order chi connectivity index (χ1) is 7.08. The fraction of sp³-hybridized carbons (Fsp3) is 0.545. The van der Waals surface area contributed by atoms with E-state index in [-0.39, 0.29) is 24.4 Å². The molecule has 1 aromatic rings. The minimum absolute atomic E-state index is 0. The first-order valence-electron chi connectivity index (χ1n) is 5.18. The van der Waals surface area contributed by atoms with Crippen molar-refractivity contribution in [3.63, 3.8) is 0 Å². The summed E-state index contributed by atoms with van der Waals surface area (Å²) >= 11 is 1.57. The van der Waals surface area contributed by atoms with Crippen LogP contribution in [0.1, 0.15) is 34.0 Å². The van der Waals surface area contributed by atoms with Crippen LogP contribution in [0.25, 0.3) is 0 Å². The third-order valence-electron chi connectivity index (χ3n) is 2.30. The van der Waals surface area contributed by atoms with Gasteiger partial charge in [-0.25, -0.2) is 0 Å². The van der Waals surface area contributed by atoms with Gasteiger partial charge in [-0.15, -0.1) is 23.7 Å². The van der Waals surface area contributed by atoms with Gasteiger partial charge in [-0.2, -0.15) is 0 Å². The Labute approximate surface area is 107 Å². The molecule has 3 N–H and O–H groups in total. The molecule has 0 bridgehead atoms. The standard InChI is InChI=1S/C11H18N2OS.ClH/c1-4-9-7(2)5-10(15-9)11(14)13-8(3)6-12;/h5,8H,4,6,12H2,1-3H3,(H,13,14);1H/t8-;/m0./s1. The summed E-state index contributed by atoms with van der Waals surface area (Å²) in [5.74, 6) is -0.0132. The molecule has 5 heteroatoms. The zero-order valence-corrected chi connectivity index (χ0v) is 11.5. The van der Waals surface area contributed by atoms with Crippen LogP contribution in [-0.4, -0.2) is 18.5 Å². The number of rotatable bonds is 4. The maximum absolute atomic E-state index is 11.7.